The van der Waals surface area contributed by atoms with Gasteiger partial charge in [0, 0.05) is 36.9 Å². The van der Waals surface area contributed by atoms with Crippen LogP contribution in [0.15, 0.2) is 36.7 Å². The van der Waals surface area contributed by atoms with Crippen molar-refractivity contribution in [3.05, 3.63) is 59.7 Å². The number of benzene rings is 1. The summed E-state index contributed by atoms with van der Waals surface area (Å²) in [6.45, 7) is 13.4. The predicted molar refractivity (Wildman–Crippen MR) is 151 cm³/mol. The third-order valence-electron chi connectivity index (χ3n) is 7.49. The fourth-order valence-electron chi connectivity index (χ4n) is 5.54. The number of nitrogens with one attached hydrogen (secondary N) is 1. The average Bonchev–Trinajstić information content (AvgIpc) is 3.55. The number of imidazole rings is 1. The lowest BCUT2D eigenvalue weighted by Crippen LogP contribution is -2.38. The van der Waals surface area contributed by atoms with Gasteiger partial charge in [0.1, 0.15) is 22.9 Å². The molecule has 11 heteroatoms. The van der Waals surface area contributed by atoms with Crippen molar-refractivity contribution in [1.29, 1.82) is 0 Å². The molecular weight excluding hydrogens is 514 g/mol. The molecule has 1 aromatic carbocycles. The number of nitrogens with zero attached hydrogens (tertiary/aromatic N) is 7. The first-order valence-electron chi connectivity index (χ1n) is 13.7. The molecule has 5 rings (SSSR count). The molecule has 1 aliphatic heterocycles. The number of likely N-dealkylation sites (tertiary alicyclic amines) is 1. The third-order valence-corrected chi connectivity index (χ3v) is 7.49. The molecule has 1 saturated heterocycles. The quantitative estimate of drug-likeness (QED) is 0.317. The number of carbonyl (C=O) groups is 1. The van der Waals surface area contributed by atoms with E-state index in [1.165, 1.54) is 12.3 Å². The van der Waals surface area contributed by atoms with Gasteiger partial charge in [-0.05, 0) is 64.5 Å². The van der Waals surface area contributed by atoms with Crippen LogP contribution in [0.1, 0.15) is 56.3 Å². The van der Waals surface area contributed by atoms with Gasteiger partial charge in [-0.25, -0.2) is 28.7 Å². The summed E-state index contributed by atoms with van der Waals surface area (Å²) >= 11 is 0. The van der Waals surface area contributed by atoms with Crippen molar-refractivity contribution < 1.29 is 13.6 Å². The van der Waals surface area contributed by atoms with Gasteiger partial charge in [0.15, 0.2) is 11.6 Å². The zero-order valence-corrected chi connectivity index (χ0v) is 23.4. The highest BCUT2D eigenvalue weighted by Crippen LogP contribution is 2.30. The van der Waals surface area contributed by atoms with E-state index >= 15 is 0 Å². The van der Waals surface area contributed by atoms with E-state index in [1.54, 1.807) is 18.2 Å². The number of anilines is 2. The topological polar surface area (TPSA) is 92.1 Å². The summed E-state index contributed by atoms with van der Waals surface area (Å²) in [4.78, 5) is 34.3. The summed E-state index contributed by atoms with van der Waals surface area (Å²) in [5.74, 6) is -0.120. The normalized spacial score (nSPS) is 15.5. The lowest BCUT2D eigenvalue weighted by atomic mass is 10.1. The van der Waals surface area contributed by atoms with E-state index in [0.29, 0.717) is 35.3 Å². The number of halogens is 2. The molecule has 3 aromatic heterocycles. The van der Waals surface area contributed by atoms with Crippen LogP contribution in [0.3, 0.4) is 0 Å². The Bertz CT molecular complexity index is 1530. The molecule has 1 aliphatic rings. The largest absolute Gasteiger partial charge is 0.337 e. The number of pyridine rings is 1. The molecule has 0 bridgehead atoms. The van der Waals surface area contributed by atoms with Gasteiger partial charge in [0.2, 0.25) is 5.95 Å². The molecule has 1 amide bonds. The molecule has 0 saturated carbocycles. The molecule has 1 fully saturated rings. The van der Waals surface area contributed by atoms with Crippen molar-refractivity contribution in [3.8, 4) is 11.3 Å². The number of hydrogen-bond donors (Lipinski definition) is 1. The monoisotopic (exact) mass is 548 g/mol. The summed E-state index contributed by atoms with van der Waals surface area (Å²) in [6.07, 6.45) is 3.51. The van der Waals surface area contributed by atoms with Gasteiger partial charge in [-0.3, -0.25) is 9.69 Å². The Morgan fingerprint density at radius 1 is 1.10 bits per heavy atom. The number of aromatic nitrogens is 5. The molecule has 4 heterocycles. The molecule has 1 atom stereocenters. The molecule has 0 unspecified atom stereocenters. The Morgan fingerprint density at radius 3 is 2.55 bits per heavy atom. The van der Waals surface area contributed by atoms with Crippen molar-refractivity contribution >= 4 is 28.7 Å². The first kappa shape index (κ1) is 27.6. The minimum atomic E-state index is -0.681. The Balaban J connectivity index is 1.35. The molecule has 4 aromatic rings. The van der Waals surface area contributed by atoms with Crippen LogP contribution in [-0.2, 0) is 0 Å². The van der Waals surface area contributed by atoms with Gasteiger partial charge >= 0.3 is 0 Å². The maximum absolute atomic E-state index is 15.0. The molecule has 0 aliphatic carbocycles. The number of hydrogen-bond acceptors (Lipinski definition) is 7. The number of aryl methyl sites for hydroxylation is 1. The maximum atomic E-state index is 15.0. The second kappa shape index (κ2) is 11.2. The van der Waals surface area contributed by atoms with Crippen LogP contribution < -0.4 is 5.32 Å². The average molecular weight is 549 g/mol. The van der Waals surface area contributed by atoms with Crippen LogP contribution in [-0.4, -0.2) is 72.4 Å². The minimum Gasteiger partial charge on any atom is -0.337 e. The number of amides is 1. The number of carbonyl (C=O) groups excluding carboxylic acids is 1. The molecule has 0 radical (unpaired) electrons. The smallest absolute Gasteiger partial charge is 0.255 e. The van der Waals surface area contributed by atoms with Gasteiger partial charge < -0.3 is 14.8 Å². The Kier molecular flexibility index (Phi) is 7.75. The summed E-state index contributed by atoms with van der Waals surface area (Å²) in [7, 11) is 0. The Morgan fingerprint density at radius 2 is 1.88 bits per heavy atom. The fourth-order valence-corrected chi connectivity index (χ4v) is 5.54. The zero-order valence-electron chi connectivity index (χ0n) is 23.4. The first-order chi connectivity index (χ1) is 19.2. The highest BCUT2D eigenvalue weighted by molar-refractivity contribution is 5.94. The second-order valence-corrected chi connectivity index (χ2v) is 10.3. The van der Waals surface area contributed by atoms with Gasteiger partial charge in [-0.1, -0.05) is 13.8 Å². The van der Waals surface area contributed by atoms with Crippen LogP contribution in [0.4, 0.5) is 20.5 Å². The van der Waals surface area contributed by atoms with Gasteiger partial charge in [0.25, 0.3) is 5.91 Å². The predicted octanol–water partition coefficient (Wildman–Crippen LogP) is 5.36. The van der Waals surface area contributed by atoms with E-state index in [2.05, 4.69) is 44.0 Å². The standard InChI is InChI=1S/C29H34F2N8O/c1-6-37(7-2)21-10-11-38(16-21)28(40)19-8-9-25(32-14-19)35-29-33-15-23(31)26(36-29)20-12-22(30)27-24(13-20)39(17(3)4)18(5)34-27/h8-9,12-15,17,21H,6-7,10-11,16H2,1-5H3,(H,32,33,35,36)/t21-/m0/s1. The highest BCUT2D eigenvalue weighted by atomic mass is 19.1. The summed E-state index contributed by atoms with van der Waals surface area (Å²) < 4.78 is 31.7. The lowest BCUT2D eigenvalue weighted by Gasteiger charge is -2.26. The first-order valence-corrected chi connectivity index (χ1v) is 13.7. The Hall–Kier alpha value is -3.99. The van der Waals surface area contributed by atoms with Crippen molar-refractivity contribution in [2.45, 2.75) is 53.1 Å². The lowest BCUT2D eigenvalue weighted by molar-refractivity contribution is 0.0777. The van der Waals surface area contributed by atoms with Gasteiger partial charge in [-0.15, -0.1) is 0 Å². The van der Waals surface area contributed by atoms with E-state index in [9.17, 15) is 13.6 Å². The van der Waals surface area contributed by atoms with Gasteiger partial charge in [-0.2, -0.15) is 0 Å². The number of likely N-dealkylation sites (N-methyl/N-ethyl adjacent to an activating group) is 1. The molecule has 210 valence electrons. The van der Waals surface area contributed by atoms with Crippen LogP contribution in [0.5, 0.6) is 0 Å². The summed E-state index contributed by atoms with van der Waals surface area (Å²) in [6, 6.07) is 6.70. The molecule has 1 N–H and O–H groups in total. The Labute approximate surface area is 232 Å². The third kappa shape index (κ3) is 5.25. The molecule has 0 spiro atoms. The van der Waals surface area contributed by atoms with Gasteiger partial charge in [0.05, 0.1) is 17.3 Å². The minimum absolute atomic E-state index is 0.0438. The zero-order chi connectivity index (χ0) is 28.6. The van der Waals surface area contributed by atoms with Crippen molar-refractivity contribution in [3.63, 3.8) is 0 Å². The van der Waals surface area contributed by atoms with E-state index in [4.69, 9.17) is 0 Å². The van der Waals surface area contributed by atoms with Crippen molar-refractivity contribution in [2.24, 2.45) is 0 Å². The molecule has 40 heavy (non-hydrogen) atoms. The van der Waals surface area contributed by atoms with E-state index in [-0.39, 0.29) is 34.7 Å². The number of fused-ring (bicyclic) bond motifs is 1. The SMILES string of the molecule is CCN(CC)[C@H]1CCN(C(=O)c2ccc(Nc3ncc(F)c(-c4cc(F)c5nc(C)n(C(C)C)c5c4)n3)nc2)C1. The summed E-state index contributed by atoms with van der Waals surface area (Å²) in [5, 5.41) is 2.96. The highest BCUT2D eigenvalue weighted by Gasteiger charge is 2.29. The van der Waals surface area contributed by atoms with Crippen LogP contribution in [0, 0.1) is 18.6 Å². The van der Waals surface area contributed by atoms with Crippen LogP contribution in [0.2, 0.25) is 0 Å². The molecule has 9 nitrogen and oxygen atoms in total. The summed E-state index contributed by atoms with van der Waals surface area (Å²) in [5.41, 5.74) is 1.53. The molecular formula is C29H34F2N8O. The van der Waals surface area contributed by atoms with Crippen molar-refractivity contribution in [1.82, 2.24) is 34.3 Å². The van der Waals surface area contributed by atoms with Crippen molar-refractivity contribution in [2.75, 3.05) is 31.5 Å². The van der Waals surface area contributed by atoms with Crippen LogP contribution >= 0.6 is 0 Å². The second-order valence-electron chi connectivity index (χ2n) is 10.3. The maximum Gasteiger partial charge on any atom is 0.255 e. The number of rotatable bonds is 8. The fraction of sp³-hybridized carbons (Fsp3) is 0.414. The van der Waals surface area contributed by atoms with E-state index < -0.39 is 11.6 Å². The van der Waals surface area contributed by atoms with E-state index in [1.807, 2.05) is 30.2 Å². The van der Waals surface area contributed by atoms with E-state index in [0.717, 1.165) is 32.3 Å². The van der Waals surface area contributed by atoms with Crippen LogP contribution in [0.25, 0.3) is 22.3 Å².